The molecule has 2 heterocycles. The summed E-state index contributed by atoms with van der Waals surface area (Å²) in [5.41, 5.74) is 4.80. The number of carbonyl (C=O) groups is 1. The zero-order chi connectivity index (χ0) is 24.3. The summed E-state index contributed by atoms with van der Waals surface area (Å²) in [6.45, 7) is 12.1. The molecule has 0 spiro atoms. The average Bonchev–Trinajstić information content (AvgIpc) is 3.24. The number of hydrogen-bond donors (Lipinski definition) is 0. The third-order valence-corrected chi connectivity index (χ3v) is 7.65. The van der Waals surface area contributed by atoms with Crippen LogP contribution in [0.1, 0.15) is 67.9 Å². The van der Waals surface area contributed by atoms with Crippen LogP contribution >= 0.6 is 0 Å². The van der Waals surface area contributed by atoms with Crippen LogP contribution in [0.2, 0.25) is 0 Å². The Bertz CT molecular complexity index is 970. The lowest BCUT2D eigenvalue weighted by Crippen LogP contribution is -2.41. The van der Waals surface area contributed by atoms with Crippen LogP contribution in [0.25, 0.3) is 11.1 Å². The summed E-state index contributed by atoms with van der Waals surface area (Å²) in [4.78, 5) is 17.0. The molecule has 0 radical (unpaired) electrons. The van der Waals surface area contributed by atoms with E-state index < -0.39 is 5.67 Å². The van der Waals surface area contributed by atoms with Gasteiger partial charge in [0.25, 0.3) is 5.91 Å². The number of likely N-dealkylation sites (tertiary alicyclic amines) is 2. The fourth-order valence-corrected chi connectivity index (χ4v) is 5.59. The number of rotatable bonds is 7. The van der Waals surface area contributed by atoms with E-state index in [9.17, 15) is 9.18 Å². The lowest BCUT2D eigenvalue weighted by atomic mass is 9.88. The maximum atomic E-state index is 13.9. The second-order valence-corrected chi connectivity index (χ2v) is 11.3. The van der Waals surface area contributed by atoms with Crippen molar-refractivity contribution in [3.05, 3.63) is 59.2 Å². The Morgan fingerprint density at radius 2 is 1.68 bits per heavy atom. The summed E-state index contributed by atoms with van der Waals surface area (Å²) in [6, 6.07) is 14.9. The Kier molecular flexibility index (Phi) is 7.77. The molecule has 0 N–H and O–H groups in total. The molecule has 1 amide bonds. The molecule has 2 aromatic carbocycles. The van der Waals surface area contributed by atoms with Gasteiger partial charge in [0.05, 0.1) is 0 Å². The molecule has 0 bridgehead atoms. The average molecular weight is 465 g/mol. The fraction of sp³-hybridized carbons (Fsp3) is 0.567. The van der Waals surface area contributed by atoms with Crippen molar-refractivity contribution >= 4 is 5.91 Å². The molecule has 0 aliphatic carbocycles. The second-order valence-electron chi connectivity index (χ2n) is 11.3. The van der Waals surface area contributed by atoms with E-state index in [1.165, 1.54) is 36.0 Å². The fourth-order valence-electron chi connectivity index (χ4n) is 5.59. The number of aryl methyl sites for hydroxylation is 2. The number of benzene rings is 2. The van der Waals surface area contributed by atoms with E-state index in [2.05, 4.69) is 49.1 Å². The molecule has 2 aliphatic heterocycles. The molecule has 4 rings (SSSR count). The van der Waals surface area contributed by atoms with Crippen molar-refractivity contribution in [3.8, 4) is 11.1 Å². The summed E-state index contributed by atoms with van der Waals surface area (Å²) in [7, 11) is 0. The number of halogens is 1. The Morgan fingerprint density at radius 3 is 2.26 bits per heavy atom. The van der Waals surface area contributed by atoms with Gasteiger partial charge in [-0.2, -0.15) is 0 Å². The summed E-state index contributed by atoms with van der Waals surface area (Å²) in [6.07, 6.45) is 5.77. The van der Waals surface area contributed by atoms with Crippen LogP contribution in [0.15, 0.2) is 42.5 Å². The van der Waals surface area contributed by atoms with Gasteiger partial charge in [-0.15, -0.1) is 0 Å². The van der Waals surface area contributed by atoms with Gasteiger partial charge in [0.15, 0.2) is 0 Å². The third kappa shape index (κ3) is 6.47. The normalized spacial score (nSPS) is 20.1. The molecule has 2 fully saturated rings. The molecule has 2 aliphatic rings. The number of nitrogens with zero attached hydrogens (tertiary/aromatic N) is 2. The predicted octanol–water partition coefficient (Wildman–Crippen LogP) is 6.54. The van der Waals surface area contributed by atoms with Crippen molar-refractivity contribution in [1.29, 1.82) is 0 Å². The van der Waals surface area contributed by atoms with Crippen molar-refractivity contribution in [1.82, 2.24) is 9.80 Å². The van der Waals surface area contributed by atoms with E-state index in [0.29, 0.717) is 12.5 Å². The van der Waals surface area contributed by atoms with Crippen LogP contribution in [0, 0.1) is 18.8 Å². The zero-order valence-corrected chi connectivity index (χ0v) is 21.4. The van der Waals surface area contributed by atoms with Crippen molar-refractivity contribution < 1.29 is 9.18 Å². The van der Waals surface area contributed by atoms with Crippen LogP contribution in [0.5, 0.6) is 0 Å². The standard InChI is InChI=1S/C30H41FN2O/c1-22-13-18-33(20-22)29(34)27-10-8-26(9-11-27)28-12-7-25(23(2)19-28)6-5-24-14-16-32(17-15-24)21-30(3,4)31/h7-12,19,22,24H,5-6,13-18,20-21H2,1-4H3. The molecule has 3 nitrogen and oxygen atoms in total. The number of hydrogen-bond acceptors (Lipinski definition) is 2. The predicted molar refractivity (Wildman–Crippen MR) is 139 cm³/mol. The minimum Gasteiger partial charge on any atom is -0.338 e. The van der Waals surface area contributed by atoms with Gasteiger partial charge in [-0.25, -0.2) is 4.39 Å². The van der Waals surface area contributed by atoms with Crippen LogP contribution in [0.3, 0.4) is 0 Å². The number of amides is 1. The van der Waals surface area contributed by atoms with Crippen LogP contribution < -0.4 is 0 Å². The van der Waals surface area contributed by atoms with Crippen molar-refractivity contribution in [3.63, 3.8) is 0 Å². The molecular formula is C30H41FN2O. The first kappa shape index (κ1) is 24.9. The van der Waals surface area contributed by atoms with Crippen LogP contribution in [-0.2, 0) is 6.42 Å². The summed E-state index contributed by atoms with van der Waals surface area (Å²) >= 11 is 0. The SMILES string of the molecule is Cc1cc(-c2ccc(C(=O)N3CCC(C)C3)cc2)ccc1CCC1CCN(CC(C)(C)F)CC1. The van der Waals surface area contributed by atoms with Gasteiger partial charge in [-0.05, 0) is 112 Å². The van der Waals surface area contributed by atoms with Crippen molar-refractivity contribution in [2.75, 3.05) is 32.7 Å². The monoisotopic (exact) mass is 464 g/mol. The third-order valence-electron chi connectivity index (χ3n) is 7.65. The molecule has 1 atom stereocenters. The van der Waals surface area contributed by atoms with Gasteiger partial charge < -0.3 is 9.80 Å². The second kappa shape index (κ2) is 10.6. The molecule has 4 heteroatoms. The van der Waals surface area contributed by atoms with E-state index in [4.69, 9.17) is 0 Å². The van der Waals surface area contributed by atoms with E-state index in [-0.39, 0.29) is 5.91 Å². The molecule has 2 aromatic rings. The van der Waals surface area contributed by atoms with Gasteiger partial charge in [-0.1, -0.05) is 37.3 Å². The molecule has 2 saturated heterocycles. The highest BCUT2D eigenvalue weighted by atomic mass is 19.1. The molecule has 0 aromatic heterocycles. The van der Waals surface area contributed by atoms with E-state index in [1.807, 2.05) is 17.0 Å². The Morgan fingerprint density at radius 1 is 1.00 bits per heavy atom. The Balaban J connectivity index is 1.30. The molecule has 34 heavy (non-hydrogen) atoms. The van der Waals surface area contributed by atoms with Crippen molar-refractivity contribution in [2.45, 2.75) is 65.5 Å². The van der Waals surface area contributed by atoms with E-state index in [0.717, 1.165) is 56.1 Å². The first-order valence-electron chi connectivity index (χ1n) is 13.1. The Labute approximate surface area is 205 Å². The zero-order valence-electron chi connectivity index (χ0n) is 21.4. The first-order valence-corrected chi connectivity index (χ1v) is 13.1. The van der Waals surface area contributed by atoms with E-state index >= 15 is 0 Å². The largest absolute Gasteiger partial charge is 0.338 e. The minimum absolute atomic E-state index is 0.154. The first-order chi connectivity index (χ1) is 16.2. The molecule has 0 saturated carbocycles. The lowest BCUT2D eigenvalue weighted by molar-refractivity contribution is 0.0788. The van der Waals surface area contributed by atoms with Crippen LogP contribution in [-0.4, -0.2) is 54.1 Å². The topological polar surface area (TPSA) is 23.6 Å². The lowest BCUT2D eigenvalue weighted by Gasteiger charge is -2.34. The molecule has 1 unspecified atom stereocenters. The minimum atomic E-state index is -1.10. The number of alkyl halides is 1. The smallest absolute Gasteiger partial charge is 0.253 e. The van der Waals surface area contributed by atoms with Crippen molar-refractivity contribution in [2.24, 2.45) is 11.8 Å². The van der Waals surface area contributed by atoms with Gasteiger partial charge in [-0.3, -0.25) is 4.79 Å². The maximum Gasteiger partial charge on any atom is 0.253 e. The maximum absolute atomic E-state index is 13.9. The highest BCUT2D eigenvalue weighted by molar-refractivity contribution is 5.94. The van der Waals surface area contributed by atoms with Crippen LogP contribution in [0.4, 0.5) is 4.39 Å². The van der Waals surface area contributed by atoms with Gasteiger partial charge >= 0.3 is 0 Å². The Hall–Kier alpha value is -2.20. The number of carbonyl (C=O) groups excluding carboxylic acids is 1. The summed E-state index contributed by atoms with van der Waals surface area (Å²) in [5, 5.41) is 0. The highest BCUT2D eigenvalue weighted by Crippen LogP contribution is 2.28. The van der Waals surface area contributed by atoms with Gasteiger partial charge in [0.1, 0.15) is 5.67 Å². The van der Waals surface area contributed by atoms with Gasteiger partial charge in [0.2, 0.25) is 0 Å². The highest BCUT2D eigenvalue weighted by Gasteiger charge is 2.26. The van der Waals surface area contributed by atoms with E-state index in [1.54, 1.807) is 13.8 Å². The summed E-state index contributed by atoms with van der Waals surface area (Å²) < 4.78 is 13.9. The number of piperidine rings is 1. The quantitative estimate of drug-likeness (QED) is 0.465. The van der Waals surface area contributed by atoms with Gasteiger partial charge in [0, 0.05) is 25.2 Å². The summed E-state index contributed by atoms with van der Waals surface area (Å²) in [5.74, 6) is 1.50. The molecular weight excluding hydrogens is 423 g/mol. The molecule has 184 valence electrons.